The van der Waals surface area contributed by atoms with E-state index in [0.29, 0.717) is 12.1 Å². The molecule has 2 nitrogen and oxygen atoms in total. The highest BCUT2D eigenvalue weighted by Crippen LogP contribution is 2.43. The zero-order valence-electron chi connectivity index (χ0n) is 11.6. The number of nitrogens with one attached hydrogen (secondary N) is 1. The fraction of sp³-hybridized carbons (Fsp3) is 0.533. The van der Waals surface area contributed by atoms with E-state index in [4.69, 9.17) is 0 Å². The van der Waals surface area contributed by atoms with Crippen LogP contribution in [0.4, 0.5) is 0 Å². The van der Waals surface area contributed by atoms with Crippen molar-refractivity contribution in [2.75, 3.05) is 0 Å². The molecule has 0 amide bonds. The Kier molecular flexibility index (Phi) is 3.74. The zero-order valence-corrected chi connectivity index (χ0v) is 13.3. The predicted octanol–water partition coefficient (Wildman–Crippen LogP) is 4.62. The van der Waals surface area contributed by atoms with E-state index < -0.39 is 0 Å². The third-order valence-corrected chi connectivity index (χ3v) is 5.92. The lowest BCUT2D eigenvalue weighted by atomic mass is 10.1. The summed E-state index contributed by atoms with van der Waals surface area (Å²) in [6.45, 7) is 6.47. The highest BCUT2D eigenvalue weighted by atomic mass is 32.1. The topological polar surface area (TPSA) is 24.9 Å². The molecule has 2 unspecified atom stereocenters. The van der Waals surface area contributed by atoms with Gasteiger partial charge >= 0.3 is 0 Å². The van der Waals surface area contributed by atoms with Gasteiger partial charge in [-0.25, -0.2) is 4.98 Å². The molecule has 2 aromatic rings. The van der Waals surface area contributed by atoms with Crippen molar-refractivity contribution in [3.05, 3.63) is 38.0 Å². The summed E-state index contributed by atoms with van der Waals surface area (Å²) in [5, 5.41) is 7.18. The molecule has 102 valence electrons. The summed E-state index contributed by atoms with van der Waals surface area (Å²) in [4.78, 5) is 7.41. The highest BCUT2D eigenvalue weighted by molar-refractivity contribution is 7.11. The minimum Gasteiger partial charge on any atom is -0.302 e. The van der Waals surface area contributed by atoms with Crippen molar-refractivity contribution in [2.24, 2.45) is 5.92 Å². The standard InChI is InChI=1S/C15H20N2S2/c1-9-15(19-11(3)16-9)10(2)17-14(12-6-7-12)13-5-4-8-18-13/h4-5,8,10,12,14,17H,6-7H2,1-3H3. The maximum atomic E-state index is 4.54. The molecule has 2 atom stereocenters. The van der Waals surface area contributed by atoms with Crippen LogP contribution in [0.2, 0.25) is 0 Å². The quantitative estimate of drug-likeness (QED) is 0.869. The van der Waals surface area contributed by atoms with Crippen molar-refractivity contribution < 1.29 is 0 Å². The molecule has 1 aliphatic rings. The molecule has 0 radical (unpaired) electrons. The molecule has 19 heavy (non-hydrogen) atoms. The van der Waals surface area contributed by atoms with Gasteiger partial charge in [-0.2, -0.15) is 0 Å². The lowest BCUT2D eigenvalue weighted by Crippen LogP contribution is -2.25. The van der Waals surface area contributed by atoms with Crippen LogP contribution in [0, 0.1) is 19.8 Å². The minimum absolute atomic E-state index is 0.388. The van der Waals surface area contributed by atoms with Crippen molar-refractivity contribution in [1.29, 1.82) is 0 Å². The smallest absolute Gasteiger partial charge is 0.0900 e. The van der Waals surface area contributed by atoms with Crippen molar-refractivity contribution >= 4 is 22.7 Å². The van der Waals surface area contributed by atoms with Gasteiger partial charge in [0.2, 0.25) is 0 Å². The molecule has 0 saturated heterocycles. The van der Waals surface area contributed by atoms with E-state index in [9.17, 15) is 0 Å². The van der Waals surface area contributed by atoms with E-state index in [0.717, 1.165) is 5.92 Å². The molecule has 0 bridgehead atoms. The first-order chi connectivity index (χ1) is 9.15. The molecule has 4 heteroatoms. The molecule has 2 aromatic heterocycles. The molecule has 1 aliphatic carbocycles. The number of thiophene rings is 1. The maximum absolute atomic E-state index is 4.54. The SMILES string of the molecule is Cc1nc(C)c(C(C)NC(c2cccs2)C2CC2)s1. The van der Waals surface area contributed by atoms with Crippen LogP contribution < -0.4 is 5.32 Å². The van der Waals surface area contributed by atoms with Gasteiger partial charge in [-0.05, 0) is 51.0 Å². The summed E-state index contributed by atoms with van der Waals surface area (Å²) < 4.78 is 0. The van der Waals surface area contributed by atoms with Crippen molar-refractivity contribution in [1.82, 2.24) is 10.3 Å². The average molecular weight is 292 g/mol. The van der Waals surface area contributed by atoms with Gasteiger partial charge in [0, 0.05) is 21.8 Å². The lowest BCUT2D eigenvalue weighted by molar-refractivity contribution is 0.435. The van der Waals surface area contributed by atoms with Gasteiger partial charge in [-0.1, -0.05) is 6.07 Å². The summed E-state index contributed by atoms with van der Waals surface area (Å²) >= 11 is 3.69. The molecule has 0 aliphatic heterocycles. The molecule has 0 aromatic carbocycles. The average Bonchev–Trinajstić information content (AvgIpc) is 2.94. The monoisotopic (exact) mass is 292 g/mol. The Balaban J connectivity index is 1.77. The first-order valence-electron chi connectivity index (χ1n) is 6.88. The highest BCUT2D eigenvalue weighted by Gasteiger charge is 2.34. The molecule has 1 fully saturated rings. The summed E-state index contributed by atoms with van der Waals surface area (Å²) in [7, 11) is 0. The van der Waals surface area contributed by atoms with Crippen LogP contribution in [-0.2, 0) is 0 Å². The van der Waals surface area contributed by atoms with Crippen LogP contribution >= 0.6 is 22.7 Å². The Morgan fingerprint density at radius 1 is 1.37 bits per heavy atom. The normalized spacial score (nSPS) is 18.5. The zero-order chi connectivity index (χ0) is 13.4. The molecule has 1 N–H and O–H groups in total. The summed E-state index contributed by atoms with van der Waals surface area (Å²) in [6, 6.07) is 5.33. The van der Waals surface area contributed by atoms with E-state index in [-0.39, 0.29) is 0 Å². The molecule has 0 spiro atoms. The lowest BCUT2D eigenvalue weighted by Gasteiger charge is -2.22. The molecular weight excluding hydrogens is 272 g/mol. The van der Waals surface area contributed by atoms with E-state index in [1.165, 1.54) is 33.3 Å². The second kappa shape index (κ2) is 5.35. The van der Waals surface area contributed by atoms with Crippen LogP contribution in [0.3, 0.4) is 0 Å². The van der Waals surface area contributed by atoms with Gasteiger partial charge in [0.1, 0.15) is 0 Å². The summed E-state index contributed by atoms with van der Waals surface area (Å²) in [6.07, 6.45) is 2.73. The third kappa shape index (κ3) is 2.91. The number of hydrogen-bond donors (Lipinski definition) is 1. The van der Waals surface area contributed by atoms with Crippen molar-refractivity contribution in [3.63, 3.8) is 0 Å². The number of aryl methyl sites for hydroxylation is 2. The van der Waals surface area contributed by atoms with Gasteiger partial charge in [-0.3, -0.25) is 0 Å². The second-order valence-corrected chi connectivity index (χ2v) is 7.62. The number of thiazole rings is 1. The number of nitrogens with zero attached hydrogens (tertiary/aromatic N) is 1. The van der Waals surface area contributed by atoms with Crippen molar-refractivity contribution in [2.45, 2.75) is 45.7 Å². The van der Waals surface area contributed by atoms with Gasteiger partial charge in [0.05, 0.1) is 10.7 Å². The molecule has 3 rings (SSSR count). The Bertz CT molecular complexity index is 541. The van der Waals surface area contributed by atoms with E-state index in [2.05, 4.69) is 48.6 Å². The fourth-order valence-corrected chi connectivity index (χ4v) is 4.46. The van der Waals surface area contributed by atoms with Crippen LogP contribution in [0.25, 0.3) is 0 Å². The molecule has 1 saturated carbocycles. The van der Waals surface area contributed by atoms with Crippen LogP contribution in [-0.4, -0.2) is 4.98 Å². The predicted molar refractivity (Wildman–Crippen MR) is 82.9 cm³/mol. The fourth-order valence-electron chi connectivity index (χ4n) is 2.64. The summed E-state index contributed by atoms with van der Waals surface area (Å²) in [5.41, 5.74) is 1.18. The van der Waals surface area contributed by atoms with Gasteiger partial charge < -0.3 is 5.32 Å². The van der Waals surface area contributed by atoms with Gasteiger partial charge in [0.25, 0.3) is 0 Å². The number of aromatic nitrogens is 1. The van der Waals surface area contributed by atoms with E-state index in [1.54, 1.807) is 0 Å². The first-order valence-corrected chi connectivity index (χ1v) is 8.58. The molecular formula is C15H20N2S2. The number of hydrogen-bond acceptors (Lipinski definition) is 4. The van der Waals surface area contributed by atoms with Crippen LogP contribution in [0.1, 0.15) is 52.3 Å². The van der Waals surface area contributed by atoms with Gasteiger partial charge in [-0.15, -0.1) is 22.7 Å². The van der Waals surface area contributed by atoms with Gasteiger partial charge in [0.15, 0.2) is 0 Å². The summed E-state index contributed by atoms with van der Waals surface area (Å²) in [5.74, 6) is 0.829. The van der Waals surface area contributed by atoms with Crippen LogP contribution in [0.15, 0.2) is 17.5 Å². The van der Waals surface area contributed by atoms with E-state index in [1.807, 2.05) is 22.7 Å². The first kappa shape index (κ1) is 13.3. The van der Waals surface area contributed by atoms with Crippen molar-refractivity contribution in [3.8, 4) is 0 Å². The minimum atomic E-state index is 0.388. The second-order valence-electron chi connectivity index (χ2n) is 5.40. The largest absolute Gasteiger partial charge is 0.302 e. The number of rotatable bonds is 5. The van der Waals surface area contributed by atoms with E-state index >= 15 is 0 Å². The Labute approximate surface area is 122 Å². The Morgan fingerprint density at radius 2 is 2.16 bits per heavy atom. The van der Waals surface area contributed by atoms with Crippen LogP contribution in [0.5, 0.6) is 0 Å². The third-order valence-electron chi connectivity index (χ3n) is 3.71. The Hall–Kier alpha value is -0.710. The Morgan fingerprint density at radius 3 is 2.68 bits per heavy atom. The molecule has 2 heterocycles. The maximum Gasteiger partial charge on any atom is 0.0900 e.